The van der Waals surface area contributed by atoms with Gasteiger partial charge in [0.05, 0.1) is 6.61 Å². The van der Waals surface area contributed by atoms with Crippen molar-refractivity contribution in [3.05, 3.63) is 0 Å². The highest BCUT2D eigenvalue weighted by Crippen LogP contribution is 2.22. The first-order valence-electron chi connectivity index (χ1n) is 7.80. The Labute approximate surface area is 112 Å². The van der Waals surface area contributed by atoms with Crippen molar-refractivity contribution >= 4 is 0 Å². The van der Waals surface area contributed by atoms with Gasteiger partial charge in [-0.25, -0.2) is 0 Å². The van der Waals surface area contributed by atoms with Crippen molar-refractivity contribution in [3.63, 3.8) is 0 Å². The fourth-order valence-corrected chi connectivity index (χ4v) is 3.44. The largest absolute Gasteiger partial charge is 0.381 e. The third kappa shape index (κ3) is 3.94. The van der Waals surface area contributed by atoms with Gasteiger partial charge in [-0.05, 0) is 51.7 Å². The van der Waals surface area contributed by atoms with Gasteiger partial charge < -0.3 is 15.0 Å². The molecule has 1 N–H and O–H groups in total. The van der Waals surface area contributed by atoms with Gasteiger partial charge in [-0.15, -0.1) is 0 Å². The van der Waals surface area contributed by atoms with Crippen molar-refractivity contribution in [2.45, 2.75) is 45.1 Å². The summed E-state index contributed by atoms with van der Waals surface area (Å²) < 4.78 is 5.53. The highest BCUT2D eigenvalue weighted by atomic mass is 16.5. The second-order valence-electron chi connectivity index (χ2n) is 6.02. The molecule has 0 bridgehead atoms. The van der Waals surface area contributed by atoms with E-state index in [2.05, 4.69) is 24.2 Å². The average molecular weight is 254 g/mol. The van der Waals surface area contributed by atoms with E-state index >= 15 is 0 Å². The van der Waals surface area contributed by atoms with E-state index in [4.69, 9.17) is 4.74 Å². The van der Waals surface area contributed by atoms with Crippen LogP contribution in [-0.2, 0) is 4.74 Å². The fraction of sp³-hybridized carbons (Fsp3) is 1.00. The Morgan fingerprint density at radius 3 is 2.83 bits per heavy atom. The van der Waals surface area contributed by atoms with E-state index in [1.54, 1.807) is 0 Å². The minimum Gasteiger partial charge on any atom is -0.381 e. The lowest BCUT2D eigenvalue weighted by molar-refractivity contribution is 0.163. The number of likely N-dealkylation sites (N-methyl/N-ethyl adjacent to an activating group) is 1. The molecule has 2 saturated heterocycles. The maximum absolute atomic E-state index is 5.53. The van der Waals surface area contributed by atoms with Gasteiger partial charge in [0.2, 0.25) is 0 Å². The molecule has 0 amide bonds. The molecule has 0 aromatic heterocycles. The van der Waals surface area contributed by atoms with E-state index in [1.165, 1.54) is 51.7 Å². The second kappa shape index (κ2) is 7.46. The van der Waals surface area contributed by atoms with E-state index in [-0.39, 0.29) is 0 Å². The van der Waals surface area contributed by atoms with Crippen molar-refractivity contribution in [1.82, 2.24) is 10.2 Å². The van der Waals surface area contributed by atoms with Crippen LogP contribution in [0.15, 0.2) is 0 Å². The van der Waals surface area contributed by atoms with Crippen LogP contribution in [0.1, 0.15) is 39.0 Å². The van der Waals surface area contributed by atoms with Crippen molar-refractivity contribution < 1.29 is 4.74 Å². The van der Waals surface area contributed by atoms with Gasteiger partial charge in [0.25, 0.3) is 0 Å². The highest BCUT2D eigenvalue weighted by molar-refractivity contribution is 4.82. The zero-order valence-corrected chi connectivity index (χ0v) is 12.2. The Bertz CT molecular complexity index is 229. The van der Waals surface area contributed by atoms with Crippen LogP contribution < -0.4 is 5.32 Å². The molecule has 18 heavy (non-hydrogen) atoms. The number of ether oxygens (including phenoxy) is 1. The molecule has 2 heterocycles. The Morgan fingerprint density at radius 1 is 1.28 bits per heavy atom. The van der Waals surface area contributed by atoms with Crippen LogP contribution in [-0.4, -0.2) is 50.8 Å². The minimum atomic E-state index is 0.616. The zero-order chi connectivity index (χ0) is 12.8. The van der Waals surface area contributed by atoms with Crippen LogP contribution in [0, 0.1) is 11.8 Å². The van der Waals surface area contributed by atoms with Crippen LogP contribution in [0.25, 0.3) is 0 Å². The van der Waals surface area contributed by atoms with Crippen molar-refractivity contribution in [2.24, 2.45) is 11.8 Å². The quantitative estimate of drug-likeness (QED) is 0.813. The Hall–Kier alpha value is -0.120. The van der Waals surface area contributed by atoms with Crippen molar-refractivity contribution in [1.29, 1.82) is 0 Å². The smallest absolute Gasteiger partial charge is 0.0510 e. The summed E-state index contributed by atoms with van der Waals surface area (Å²) in [6.45, 7) is 8.05. The SMILES string of the molecule is CCC1CCCN(CC(NC)C2CCOC2)CC1. The summed E-state index contributed by atoms with van der Waals surface area (Å²) >= 11 is 0. The zero-order valence-electron chi connectivity index (χ0n) is 12.2. The first-order chi connectivity index (χ1) is 8.83. The standard InChI is InChI=1S/C15H30N2O/c1-3-13-5-4-8-17(9-6-13)11-15(16-2)14-7-10-18-12-14/h13-16H,3-12H2,1-2H3. The molecule has 0 aromatic carbocycles. The molecule has 3 unspecified atom stereocenters. The van der Waals surface area contributed by atoms with Gasteiger partial charge in [0.1, 0.15) is 0 Å². The molecule has 3 atom stereocenters. The summed E-state index contributed by atoms with van der Waals surface area (Å²) in [6, 6.07) is 0.616. The van der Waals surface area contributed by atoms with Gasteiger partial charge in [0, 0.05) is 25.1 Å². The first kappa shape index (κ1) is 14.3. The minimum absolute atomic E-state index is 0.616. The number of likely N-dealkylation sites (tertiary alicyclic amines) is 1. The Morgan fingerprint density at radius 2 is 2.17 bits per heavy atom. The predicted octanol–water partition coefficient (Wildman–Crippen LogP) is 2.12. The third-order valence-corrected chi connectivity index (χ3v) is 4.88. The van der Waals surface area contributed by atoms with E-state index in [1.807, 2.05) is 0 Å². The number of hydrogen-bond donors (Lipinski definition) is 1. The molecule has 2 fully saturated rings. The maximum atomic E-state index is 5.53. The summed E-state index contributed by atoms with van der Waals surface area (Å²) in [5, 5.41) is 3.52. The molecule has 106 valence electrons. The molecule has 0 spiro atoms. The van der Waals surface area contributed by atoms with Crippen LogP contribution in [0.2, 0.25) is 0 Å². The van der Waals surface area contributed by atoms with E-state index in [9.17, 15) is 0 Å². The predicted molar refractivity (Wildman–Crippen MR) is 75.8 cm³/mol. The van der Waals surface area contributed by atoms with Crippen molar-refractivity contribution in [2.75, 3.05) is 39.9 Å². The van der Waals surface area contributed by atoms with Crippen LogP contribution in [0.3, 0.4) is 0 Å². The van der Waals surface area contributed by atoms with E-state index in [0.717, 1.165) is 25.0 Å². The molecule has 2 aliphatic rings. The van der Waals surface area contributed by atoms with Gasteiger partial charge in [-0.1, -0.05) is 13.3 Å². The molecule has 3 heteroatoms. The van der Waals surface area contributed by atoms with E-state index < -0.39 is 0 Å². The molecule has 0 radical (unpaired) electrons. The molecule has 0 aliphatic carbocycles. The molecular formula is C15H30N2O. The summed E-state index contributed by atoms with van der Waals surface area (Å²) in [5.41, 5.74) is 0. The number of nitrogens with one attached hydrogen (secondary N) is 1. The maximum Gasteiger partial charge on any atom is 0.0510 e. The monoisotopic (exact) mass is 254 g/mol. The third-order valence-electron chi connectivity index (χ3n) is 4.88. The lowest BCUT2D eigenvalue weighted by Gasteiger charge is -2.29. The van der Waals surface area contributed by atoms with Gasteiger partial charge >= 0.3 is 0 Å². The van der Waals surface area contributed by atoms with Crippen LogP contribution in [0.5, 0.6) is 0 Å². The molecule has 0 aromatic rings. The fourth-order valence-electron chi connectivity index (χ4n) is 3.44. The highest BCUT2D eigenvalue weighted by Gasteiger charge is 2.27. The van der Waals surface area contributed by atoms with Gasteiger partial charge in [-0.3, -0.25) is 0 Å². The van der Waals surface area contributed by atoms with E-state index in [0.29, 0.717) is 6.04 Å². The van der Waals surface area contributed by atoms with Gasteiger partial charge in [-0.2, -0.15) is 0 Å². The second-order valence-corrected chi connectivity index (χ2v) is 6.02. The van der Waals surface area contributed by atoms with Crippen molar-refractivity contribution in [3.8, 4) is 0 Å². The van der Waals surface area contributed by atoms with Gasteiger partial charge in [0.15, 0.2) is 0 Å². The lowest BCUT2D eigenvalue weighted by atomic mass is 9.98. The van der Waals surface area contributed by atoms with Crippen LogP contribution in [0.4, 0.5) is 0 Å². The molecule has 2 aliphatic heterocycles. The number of rotatable bonds is 5. The number of nitrogens with zero attached hydrogens (tertiary/aromatic N) is 1. The number of hydrogen-bond acceptors (Lipinski definition) is 3. The Kier molecular flexibility index (Phi) is 5.93. The normalized spacial score (nSPS) is 32.3. The molecule has 2 rings (SSSR count). The lowest BCUT2D eigenvalue weighted by Crippen LogP contribution is -2.44. The summed E-state index contributed by atoms with van der Waals surface area (Å²) in [6.07, 6.45) is 6.81. The topological polar surface area (TPSA) is 24.5 Å². The molecular weight excluding hydrogens is 224 g/mol. The summed E-state index contributed by atoms with van der Waals surface area (Å²) in [7, 11) is 2.11. The Balaban J connectivity index is 1.79. The average Bonchev–Trinajstić information content (AvgIpc) is 2.83. The first-order valence-corrected chi connectivity index (χ1v) is 7.80. The summed E-state index contributed by atoms with van der Waals surface area (Å²) in [4.78, 5) is 2.68. The molecule has 0 saturated carbocycles. The molecule has 3 nitrogen and oxygen atoms in total. The summed E-state index contributed by atoms with van der Waals surface area (Å²) in [5.74, 6) is 1.69. The van der Waals surface area contributed by atoms with Crippen LogP contribution >= 0.6 is 0 Å².